The highest BCUT2D eigenvalue weighted by molar-refractivity contribution is 7.47. The van der Waals surface area contributed by atoms with E-state index in [0.717, 1.165) is 10.9 Å². The number of aromatic amines is 1. The summed E-state index contributed by atoms with van der Waals surface area (Å²) in [7, 11) is -10.0. The number of hydrogen-bond acceptors (Lipinski definition) is 16. The number of nitrogens with two attached hydrogens (primary N) is 2. The number of H-pyrrole nitrogens is 1. The van der Waals surface area contributed by atoms with Gasteiger partial charge >= 0.3 is 15.6 Å². The Morgan fingerprint density at radius 1 is 0.909 bits per heavy atom. The van der Waals surface area contributed by atoms with Gasteiger partial charge in [-0.15, -0.1) is 0 Å². The number of halogens is 1. The molecule has 0 amide bonds. The standard InChI is InChI=1S/C20H23FN10O11P2/c21-11-9-3-38-43(33,34)41-7-1-10(30-5-26-12-15(22)24-4-25-16(12)30)39-8(7)2-37-44(35,36)42-14(11)19(40-9)31-6-27-13-17(31)28-20(23)29-18(13)32/h4-11,14,19H,1-3H2,(H,33,34)(H,35,36)(H2,22,24,25)(H3,23,28,29,32)/t7-,8+,9+,10+,11-,14+,19+/m0/s1. The van der Waals surface area contributed by atoms with E-state index in [4.69, 9.17) is 39.0 Å². The highest BCUT2D eigenvalue weighted by Crippen LogP contribution is 2.54. The van der Waals surface area contributed by atoms with Crippen LogP contribution >= 0.6 is 15.6 Å². The van der Waals surface area contributed by atoms with E-state index < -0.39 is 77.5 Å². The summed E-state index contributed by atoms with van der Waals surface area (Å²) in [6, 6.07) is 0. The van der Waals surface area contributed by atoms with Crippen molar-refractivity contribution in [2.24, 2.45) is 0 Å². The van der Waals surface area contributed by atoms with Crippen LogP contribution < -0.4 is 17.0 Å². The Labute approximate surface area is 243 Å². The first-order valence-electron chi connectivity index (χ1n) is 12.8. The van der Waals surface area contributed by atoms with Crippen molar-refractivity contribution in [3.05, 3.63) is 29.3 Å². The SMILES string of the molecule is Nc1nc2c(ncn2[C@@H]2O[C@@H]3COP(=O)(O)O[C@H]4C[C@H](n5cnc6c(N)ncnc65)O[C@@H]4COP(=O)(O)O[C@@H]2[C@H]3F)c(=O)[nH]1. The molecule has 2 bridgehead atoms. The van der Waals surface area contributed by atoms with Gasteiger partial charge in [-0.1, -0.05) is 0 Å². The van der Waals surface area contributed by atoms with Crippen LogP contribution in [0.15, 0.2) is 23.8 Å². The molecule has 2 unspecified atom stereocenters. The topological polar surface area (TPSA) is 289 Å². The summed E-state index contributed by atoms with van der Waals surface area (Å²) in [6.45, 7) is -1.56. The molecule has 0 spiro atoms. The molecule has 7 rings (SSSR count). The van der Waals surface area contributed by atoms with Crippen molar-refractivity contribution >= 4 is 49.7 Å². The Balaban J connectivity index is 1.19. The first-order chi connectivity index (χ1) is 20.9. The van der Waals surface area contributed by atoms with Gasteiger partial charge in [-0.05, 0) is 0 Å². The van der Waals surface area contributed by atoms with Crippen molar-refractivity contribution in [1.29, 1.82) is 0 Å². The molecule has 3 saturated heterocycles. The molecule has 3 fully saturated rings. The van der Waals surface area contributed by atoms with Crippen LogP contribution in [0.5, 0.6) is 0 Å². The van der Waals surface area contributed by atoms with E-state index in [1.54, 1.807) is 0 Å². The van der Waals surface area contributed by atoms with Crippen molar-refractivity contribution in [2.45, 2.75) is 49.5 Å². The molecule has 21 nitrogen and oxygen atoms in total. The smallest absolute Gasteiger partial charge is 0.382 e. The molecule has 4 aromatic rings. The van der Waals surface area contributed by atoms with Gasteiger partial charge in [-0.3, -0.25) is 37.0 Å². The van der Waals surface area contributed by atoms with Crippen molar-refractivity contribution in [2.75, 3.05) is 24.7 Å². The molecule has 3 aliphatic heterocycles. The lowest BCUT2D eigenvalue weighted by atomic mass is 10.1. The molecule has 7 heterocycles. The summed E-state index contributed by atoms with van der Waals surface area (Å²) >= 11 is 0. The van der Waals surface area contributed by atoms with Gasteiger partial charge in [-0.25, -0.2) is 33.5 Å². The number of nitrogens with zero attached hydrogens (tertiary/aromatic N) is 7. The van der Waals surface area contributed by atoms with Crippen LogP contribution in [-0.4, -0.2) is 92.6 Å². The Morgan fingerprint density at radius 2 is 1.61 bits per heavy atom. The fourth-order valence-electron chi connectivity index (χ4n) is 5.23. The first kappa shape index (κ1) is 29.3. The number of imidazole rings is 2. The van der Waals surface area contributed by atoms with Crippen LogP contribution in [0.3, 0.4) is 0 Å². The van der Waals surface area contributed by atoms with Crippen molar-refractivity contribution in [3.63, 3.8) is 0 Å². The molecular formula is C20H23FN10O11P2. The summed E-state index contributed by atoms with van der Waals surface area (Å²) < 4.78 is 76.8. The number of anilines is 2. The number of ether oxygens (including phenoxy) is 2. The maximum Gasteiger partial charge on any atom is 0.472 e. The number of phosphoric acid groups is 2. The third-order valence-electron chi connectivity index (χ3n) is 7.19. The van der Waals surface area contributed by atoms with Crippen LogP contribution in [0.2, 0.25) is 0 Å². The second kappa shape index (κ2) is 10.6. The number of fused-ring (bicyclic) bond motifs is 5. The Hall–Kier alpha value is -3.43. The Morgan fingerprint density at radius 3 is 2.41 bits per heavy atom. The Bertz CT molecular complexity index is 1900. The number of aromatic nitrogens is 8. The number of nitrogen functional groups attached to an aromatic ring is 2. The third-order valence-corrected chi connectivity index (χ3v) is 9.19. The summed E-state index contributed by atoms with van der Waals surface area (Å²) in [4.78, 5) is 55.7. The molecule has 0 aliphatic carbocycles. The summed E-state index contributed by atoms with van der Waals surface area (Å²) in [5.74, 6) is -0.186. The fourth-order valence-corrected chi connectivity index (χ4v) is 7.11. The van der Waals surface area contributed by atoms with Crippen LogP contribution in [-0.2, 0) is 36.7 Å². The largest absolute Gasteiger partial charge is 0.472 e. The van der Waals surface area contributed by atoms with Crippen LogP contribution in [0.4, 0.5) is 16.2 Å². The average molecular weight is 660 g/mol. The molecule has 44 heavy (non-hydrogen) atoms. The number of alkyl halides is 1. The molecular weight excluding hydrogens is 637 g/mol. The van der Waals surface area contributed by atoms with Gasteiger partial charge in [-0.2, -0.15) is 4.98 Å². The highest BCUT2D eigenvalue weighted by Gasteiger charge is 2.53. The summed E-state index contributed by atoms with van der Waals surface area (Å²) in [5, 5.41) is 0. The minimum absolute atomic E-state index is 0.0901. The fraction of sp³-hybridized carbons (Fsp3) is 0.500. The Kier molecular flexibility index (Phi) is 7.05. The normalized spacial score (nSPS) is 36.6. The van der Waals surface area contributed by atoms with E-state index >= 15 is 4.39 Å². The lowest BCUT2D eigenvalue weighted by Crippen LogP contribution is -2.32. The second-order valence-corrected chi connectivity index (χ2v) is 12.8. The highest BCUT2D eigenvalue weighted by atomic mass is 31.2. The zero-order valence-electron chi connectivity index (χ0n) is 22.0. The molecule has 0 radical (unpaired) electrons. The maximum absolute atomic E-state index is 15.7. The van der Waals surface area contributed by atoms with E-state index in [1.165, 1.54) is 17.2 Å². The van der Waals surface area contributed by atoms with Crippen LogP contribution in [0.1, 0.15) is 18.9 Å². The molecule has 0 aromatic carbocycles. The van der Waals surface area contributed by atoms with Crippen molar-refractivity contribution in [3.8, 4) is 0 Å². The van der Waals surface area contributed by atoms with Gasteiger partial charge in [0.05, 0.1) is 25.9 Å². The van der Waals surface area contributed by atoms with Gasteiger partial charge in [0.1, 0.15) is 42.5 Å². The van der Waals surface area contributed by atoms with E-state index in [2.05, 4.69) is 29.9 Å². The van der Waals surface area contributed by atoms with Gasteiger partial charge in [0.15, 0.2) is 35.0 Å². The number of nitrogens with one attached hydrogen (secondary N) is 1. The molecule has 24 heteroatoms. The predicted octanol–water partition coefficient (Wildman–Crippen LogP) is -0.335. The molecule has 0 saturated carbocycles. The monoisotopic (exact) mass is 660 g/mol. The van der Waals surface area contributed by atoms with Crippen molar-refractivity contribution in [1.82, 2.24) is 39.0 Å². The van der Waals surface area contributed by atoms with Crippen molar-refractivity contribution < 1.29 is 50.9 Å². The molecule has 3 aliphatic rings. The van der Waals surface area contributed by atoms with Gasteiger partial charge < -0.3 is 30.7 Å². The lowest BCUT2D eigenvalue weighted by molar-refractivity contribution is -0.0668. The minimum atomic E-state index is -5.09. The number of rotatable bonds is 2. The van der Waals surface area contributed by atoms with Gasteiger partial charge in [0, 0.05) is 6.42 Å². The van der Waals surface area contributed by atoms with E-state index in [9.17, 15) is 23.7 Å². The van der Waals surface area contributed by atoms with Crippen LogP contribution in [0, 0.1) is 0 Å². The predicted molar refractivity (Wildman–Crippen MR) is 141 cm³/mol. The molecule has 9 atom stereocenters. The second-order valence-electron chi connectivity index (χ2n) is 9.98. The average Bonchev–Trinajstić information content (AvgIpc) is 3.72. The maximum atomic E-state index is 15.7. The quantitative estimate of drug-likeness (QED) is 0.172. The van der Waals surface area contributed by atoms with Gasteiger partial charge in [0.2, 0.25) is 5.95 Å². The van der Waals surface area contributed by atoms with Crippen LogP contribution in [0.25, 0.3) is 22.3 Å². The summed E-state index contributed by atoms with van der Waals surface area (Å²) in [5.41, 5.74) is 11.0. The zero-order chi connectivity index (χ0) is 31.0. The zero-order valence-corrected chi connectivity index (χ0v) is 23.8. The third kappa shape index (κ3) is 5.17. The summed E-state index contributed by atoms with van der Waals surface area (Å²) in [6.07, 6.45) is -7.12. The van der Waals surface area contributed by atoms with E-state index in [1.807, 2.05) is 0 Å². The molecule has 236 valence electrons. The number of hydrogen-bond donors (Lipinski definition) is 5. The first-order valence-corrected chi connectivity index (χ1v) is 15.8. The minimum Gasteiger partial charge on any atom is -0.382 e. The van der Waals surface area contributed by atoms with E-state index in [-0.39, 0.29) is 40.5 Å². The molecule has 7 N–H and O–H groups in total. The van der Waals surface area contributed by atoms with E-state index in [0.29, 0.717) is 0 Å². The molecule has 4 aromatic heterocycles. The lowest BCUT2D eigenvalue weighted by Gasteiger charge is -2.25. The number of phosphoric ester groups is 2. The van der Waals surface area contributed by atoms with Gasteiger partial charge in [0.25, 0.3) is 5.56 Å².